The van der Waals surface area contributed by atoms with Crippen molar-refractivity contribution in [3.63, 3.8) is 0 Å². The Kier molecular flexibility index (Phi) is 3.92. The third-order valence-corrected chi connectivity index (χ3v) is 3.77. The van der Waals surface area contributed by atoms with Gasteiger partial charge in [0.1, 0.15) is 5.82 Å². The first-order valence-corrected chi connectivity index (χ1v) is 7.16. The lowest BCUT2D eigenvalue weighted by molar-refractivity contribution is 0.437. The van der Waals surface area contributed by atoms with Crippen molar-refractivity contribution in [2.45, 2.75) is 25.8 Å². The fourth-order valence-electron chi connectivity index (χ4n) is 2.65. The highest BCUT2D eigenvalue weighted by molar-refractivity contribution is 5.77. The summed E-state index contributed by atoms with van der Waals surface area (Å²) in [5, 5.41) is 4.04. The Morgan fingerprint density at radius 2 is 2.20 bits per heavy atom. The third-order valence-electron chi connectivity index (χ3n) is 3.77. The van der Waals surface area contributed by atoms with E-state index in [-0.39, 0.29) is 5.56 Å². The van der Waals surface area contributed by atoms with Gasteiger partial charge in [0.05, 0.1) is 17.4 Å². The van der Waals surface area contributed by atoms with Crippen LogP contribution in [0.1, 0.15) is 25.1 Å². The van der Waals surface area contributed by atoms with Crippen molar-refractivity contribution in [2.75, 3.05) is 6.54 Å². The zero-order chi connectivity index (χ0) is 13.8. The van der Waals surface area contributed by atoms with Gasteiger partial charge in [0.15, 0.2) is 0 Å². The summed E-state index contributed by atoms with van der Waals surface area (Å²) in [5.41, 5.74) is 0.696. The van der Waals surface area contributed by atoms with Gasteiger partial charge in [0.2, 0.25) is 0 Å². The van der Waals surface area contributed by atoms with Crippen molar-refractivity contribution in [1.82, 2.24) is 15.3 Å². The first-order valence-electron chi connectivity index (χ1n) is 7.16. The van der Waals surface area contributed by atoms with Gasteiger partial charge in [-0.25, -0.2) is 4.98 Å². The maximum absolute atomic E-state index is 11.9. The Bertz CT molecular complexity index is 675. The van der Waals surface area contributed by atoms with Crippen LogP contribution in [0.3, 0.4) is 0 Å². The number of hydrogen-bond donors (Lipinski definition) is 2. The van der Waals surface area contributed by atoms with E-state index >= 15 is 0 Å². The topological polar surface area (TPSA) is 57.8 Å². The van der Waals surface area contributed by atoms with Gasteiger partial charge in [-0.05, 0) is 43.9 Å². The number of para-hydroxylation sites is 1. The van der Waals surface area contributed by atoms with Crippen molar-refractivity contribution in [3.05, 3.63) is 52.6 Å². The Morgan fingerprint density at radius 1 is 1.30 bits per heavy atom. The number of allylic oxidation sites excluding steroid dienone is 2. The van der Waals surface area contributed by atoms with Crippen LogP contribution in [0.5, 0.6) is 0 Å². The highest BCUT2D eigenvalue weighted by Gasteiger charge is 2.09. The quantitative estimate of drug-likeness (QED) is 0.838. The second-order valence-corrected chi connectivity index (χ2v) is 5.31. The molecule has 1 aromatic carbocycles. The summed E-state index contributed by atoms with van der Waals surface area (Å²) in [6, 6.07) is 7.43. The maximum Gasteiger partial charge on any atom is 0.258 e. The third kappa shape index (κ3) is 2.96. The van der Waals surface area contributed by atoms with Crippen LogP contribution in [-0.2, 0) is 6.54 Å². The lowest BCUT2D eigenvalue weighted by atomic mass is 9.94. The summed E-state index contributed by atoms with van der Waals surface area (Å²) in [4.78, 5) is 19.3. The summed E-state index contributed by atoms with van der Waals surface area (Å²) in [5.74, 6) is 1.41. The van der Waals surface area contributed by atoms with Gasteiger partial charge in [-0.15, -0.1) is 0 Å². The van der Waals surface area contributed by atoms with E-state index in [2.05, 4.69) is 27.4 Å². The zero-order valence-electron chi connectivity index (χ0n) is 11.4. The molecule has 104 valence electrons. The molecule has 0 radical (unpaired) electrons. The number of hydrogen-bond acceptors (Lipinski definition) is 3. The van der Waals surface area contributed by atoms with E-state index in [0.29, 0.717) is 23.7 Å². The minimum absolute atomic E-state index is 0.0620. The van der Waals surface area contributed by atoms with Gasteiger partial charge in [-0.3, -0.25) is 4.79 Å². The first kappa shape index (κ1) is 13.1. The van der Waals surface area contributed by atoms with E-state index < -0.39 is 0 Å². The van der Waals surface area contributed by atoms with E-state index in [1.165, 1.54) is 12.8 Å². The van der Waals surface area contributed by atoms with Crippen molar-refractivity contribution >= 4 is 10.9 Å². The molecule has 1 atom stereocenters. The van der Waals surface area contributed by atoms with E-state index in [9.17, 15) is 4.79 Å². The minimum Gasteiger partial charge on any atom is -0.310 e. The molecule has 1 aliphatic rings. The number of rotatable bonds is 4. The number of benzene rings is 1. The molecule has 20 heavy (non-hydrogen) atoms. The molecule has 1 aliphatic carbocycles. The smallest absolute Gasteiger partial charge is 0.258 e. The van der Waals surface area contributed by atoms with Gasteiger partial charge >= 0.3 is 0 Å². The van der Waals surface area contributed by atoms with E-state index in [1.807, 2.05) is 18.2 Å². The second-order valence-electron chi connectivity index (χ2n) is 5.31. The van der Waals surface area contributed by atoms with Crippen LogP contribution in [0.4, 0.5) is 0 Å². The molecule has 2 N–H and O–H groups in total. The molecule has 1 unspecified atom stereocenters. The zero-order valence-corrected chi connectivity index (χ0v) is 11.4. The molecule has 0 spiro atoms. The van der Waals surface area contributed by atoms with Crippen LogP contribution in [-0.4, -0.2) is 16.5 Å². The number of nitrogens with one attached hydrogen (secondary N) is 2. The number of aromatic nitrogens is 2. The van der Waals surface area contributed by atoms with Crippen molar-refractivity contribution in [1.29, 1.82) is 0 Å². The SMILES string of the molecule is O=c1[nH]c(CNCC2CC=CCC2)nc2ccccc12. The predicted molar refractivity (Wildman–Crippen MR) is 80.6 cm³/mol. The van der Waals surface area contributed by atoms with Gasteiger partial charge in [-0.2, -0.15) is 0 Å². The Balaban J connectivity index is 1.65. The molecule has 0 amide bonds. The van der Waals surface area contributed by atoms with Gasteiger partial charge in [-0.1, -0.05) is 24.3 Å². The van der Waals surface area contributed by atoms with Gasteiger partial charge in [0, 0.05) is 0 Å². The largest absolute Gasteiger partial charge is 0.310 e. The van der Waals surface area contributed by atoms with Gasteiger partial charge in [0.25, 0.3) is 5.56 Å². The maximum atomic E-state index is 11.9. The molecule has 0 saturated heterocycles. The highest BCUT2D eigenvalue weighted by atomic mass is 16.1. The molecular formula is C16H19N3O. The van der Waals surface area contributed by atoms with Gasteiger partial charge < -0.3 is 10.3 Å². The standard InChI is InChI=1S/C16H19N3O/c20-16-13-8-4-5-9-14(13)18-15(19-16)11-17-10-12-6-2-1-3-7-12/h1-2,4-5,8-9,12,17H,3,6-7,10-11H2,(H,18,19,20). The average Bonchev–Trinajstić information content (AvgIpc) is 2.48. The number of aromatic amines is 1. The monoisotopic (exact) mass is 269 g/mol. The van der Waals surface area contributed by atoms with Crippen molar-refractivity contribution in [2.24, 2.45) is 5.92 Å². The molecule has 1 heterocycles. The molecule has 1 aromatic heterocycles. The highest BCUT2D eigenvalue weighted by Crippen LogP contribution is 2.16. The molecular weight excluding hydrogens is 250 g/mol. The van der Waals surface area contributed by atoms with Crippen molar-refractivity contribution < 1.29 is 0 Å². The fourth-order valence-corrected chi connectivity index (χ4v) is 2.65. The van der Waals surface area contributed by atoms with Crippen LogP contribution in [0.15, 0.2) is 41.2 Å². The lowest BCUT2D eigenvalue weighted by Gasteiger charge is -2.17. The number of nitrogens with zero attached hydrogens (tertiary/aromatic N) is 1. The molecule has 3 rings (SSSR count). The van der Waals surface area contributed by atoms with Crippen LogP contribution in [0.25, 0.3) is 10.9 Å². The molecule has 4 heteroatoms. The fraction of sp³-hybridized carbons (Fsp3) is 0.375. The van der Waals surface area contributed by atoms with Crippen LogP contribution in [0.2, 0.25) is 0 Å². The van der Waals surface area contributed by atoms with E-state index in [4.69, 9.17) is 0 Å². The Labute approximate surface area is 117 Å². The molecule has 0 aliphatic heterocycles. The Hall–Kier alpha value is -1.94. The number of fused-ring (bicyclic) bond motifs is 1. The van der Waals surface area contributed by atoms with Crippen molar-refractivity contribution in [3.8, 4) is 0 Å². The summed E-state index contributed by atoms with van der Waals surface area (Å²) >= 11 is 0. The molecule has 0 fully saturated rings. The normalized spacial score (nSPS) is 18.5. The first-order chi connectivity index (χ1) is 9.83. The summed E-state index contributed by atoms with van der Waals surface area (Å²) in [6.45, 7) is 1.58. The van der Waals surface area contributed by atoms with Crippen LogP contribution < -0.4 is 10.9 Å². The summed E-state index contributed by atoms with van der Waals surface area (Å²) < 4.78 is 0. The molecule has 0 bridgehead atoms. The Morgan fingerprint density at radius 3 is 3.05 bits per heavy atom. The average molecular weight is 269 g/mol. The summed E-state index contributed by atoms with van der Waals surface area (Å²) in [7, 11) is 0. The van der Waals surface area contributed by atoms with Crippen LogP contribution >= 0.6 is 0 Å². The molecule has 4 nitrogen and oxygen atoms in total. The lowest BCUT2D eigenvalue weighted by Crippen LogP contribution is -2.25. The van der Waals surface area contributed by atoms with E-state index in [1.54, 1.807) is 6.07 Å². The van der Waals surface area contributed by atoms with E-state index in [0.717, 1.165) is 18.5 Å². The number of H-pyrrole nitrogens is 1. The second kappa shape index (κ2) is 6.01. The molecule has 2 aromatic rings. The van der Waals surface area contributed by atoms with Crippen LogP contribution in [0, 0.1) is 5.92 Å². The summed E-state index contributed by atoms with van der Waals surface area (Å²) in [6.07, 6.45) is 8.07. The predicted octanol–water partition coefficient (Wildman–Crippen LogP) is 2.37. The molecule has 0 saturated carbocycles. The minimum atomic E-state index is -0.0620.